The predicted octanol–water partition coefficient (Wildman–Crippen LogP) is 4.13. The summed E-state index contributed by atoms with van der Waals surface area (Å²) in [5, 5.41) is 3.34. The first-order valence-electron chi connectivity index (χ1n) is 14.9. The number of carbonyl (C=O) groups excluding carboxylic acids is 3. The zero-order chi connectivity index (χ0) is 27.1. The molecule has 3 amide bonds. The highest BCUT2D eigenvalue weighted by Gasteiger charge is 2.54. The topological polar surface area (TPSA) is 95.7 Å². The molecule has 0 aromatic heterocycles. The van der Waals surface area contributed by atoms with E-state index in [4.69, 9.17) is 5.73 Å². The minimum atomic E-state index is -0.771. The molecule has 4 aliphatic rings. The highest BCUT2D eigenvalue weighted by Crippen LogP contribution is 2.49. The van der Waals surface area contributed by atoms with Crippen molar-refractivity contribution in [2.75, 3.05) is 25.0 Å². The van der Waals surface area contributed by atoms with E-state index in [9.17, 15) is 14.4 Å². The first-order chi connectivity index (χ1) is 18.2. The van der Waals surface area contributed by atoms with Gasteiger partial charge in [0.1, 0.15) is 0 Å². The van der Waals surface area contributed by atoms with E-state index >= 15 is 0 Å². The van der Waals surface area contributed by atoms with E-state index in [0.29, 0.717) is 31.8 Å². The molecule has 0 bridgehead atoms. The van der Waals surface area contributed by atoms with Crippen LogP contribution in [-0.4, -0.2) is 54.8 Å². The molecule has 3 fully saturated rings. The van der Waals surface area contributed by atoms with Gasteiger partial charge in [0.25, 0.3) is 0 Å². The maximum atomic E-state index is 14.3. The van der Waals surface area contributed by atoms with Gasteiger partial charge in [0, 0.05) is 30.9 Å². The molecule has 2 aliphatic carbocycles. The zero-order valence-electron chi connectivity index (χ0n) is 23.5. The summed E-state index contributed by atoms with van der Waals surface area (Å²) in [6.45, 7) is 5.24. The monoisotopic (exact) mass is 522 g/mol. The number of nitrogens with one attached hydrogen (secondary N) is 1. The van der Waals surface area contributed by atoms with Crippen LogP contribution in [0.4, 0.5) is 5.69 Å². The molecule has 1 saturated heterocycles. The SMILES string of the molecule is CNC1CCC(C(N)=O)([C@H](CC2CCCCC2)C(=O)N2CCC(N3C(=O)C(C)(C)c4ccccc43)CC2)C1. The number of carbonyl (C=O) groups is 3. The van der Waals surface area contributed by atoms with E-state index < -0.39 is 10.8 Å². The van der Waals surface area contributed by atoms with Gasteiger partial charge < -0.3 is 20.9 Å². The van der Waals surface area contributed by atoms with Crippen LogP contribution in [-0.2, 0) is 19.8 Å². The predicted molar refractivity (Wildman–Crippen MR) is 150 cm³/mol. The molecule has 5 rings (SSSR count). The lowest BCUT2D eigenvalue weighted by molar-refractivity contribution is -0.149. The third-order valence-corrected chi connectivity index (χ3v) is 10.4. The summed E-state index contributed by atoms with van der Waals surface area (Å²) in [6, 6.07) is 8.41. The van der Waals surface area contributed by atoms with Crippen molar-refractivity contribution in [1.29, 1.82) is 0 Å². The molecule has 38 heavy (non-hydrogen) atoms. The second-order valence-corrected chi connectivity index (χ2v) is 12.9. The lowest BCUT2D eigenvalue weighted by atomic mass is 9.67. The fraction of sp³-hybridized carbons (Fsp3) is 0.710. The van der Waals surface area contributed by atoms with Crippen LogP contribution >= 0.6 is 0 Å². The Hall–Kier alpha value is -2.41. The Labute approximate surface area is 227 Å². The van der Waals surface area contributed by atoms with Crippen LogP contribution in [0.25, 0.3) is 0 Å². The fourth-order valence-electron chi connectivity index (χ4n) is 8.02. The summed E-state index contributed by atoms with van der Waals surface area (Å²) in [6.07, 6.45) is 10.4. The Kier molecular flexibility index (Phi) is 7.60. The highest BCUT2D eigenvalue weighted by atomic mass is 16.2. The molecule has 7 nitrogen and oxygen atoms in total. The van der Waals surface area contributed by atoms with Crippen molar-refractivity contribution in [3.05, 3.63) is 29.8 Å². The third-order valence-electron chi connectivity index (χ3n) is 10.4. The van der Waals surface area contributed by atoms with E-state index in [1.54, 1.807) is 0 Å². The van der Waals surface area contributed by atoms with E-state index in [-0.39, 0.29) is 35.7 Å². The lowest BCUT2D eigenvalue weighted by Crippen LogP contribution is -2.54. The molecule has 2 aliphatic heterocycles. The summed E-state index contributed by atoms with van der Waals surface area (Å²) >= 11 is 0. The average Bonchev–Trinajstić information content (AvgIpc) is 3.46. The number of primary amides is 1. The molecule has 1 aromatic rings. The van der Waals surface area contributed by atoms with Crippen LogP contribution in [0.2, 0.25) is 0 Å². The number of likely N-dealkylation sites (tertiary alicyclic amines) is 1. The van der Waals surface area contributed by atoms with Gasteiger partial charge in [0.05, 0.1) is 16.7 Å². The molecule has 2 heterocycles. The summed E-state index contributed by atoms with van der Waals surface area (Å²) in [5.74, 6) is 0.0846. The Morgan fingerprint density at radius 1 is 1.05 bits per heavy atom. The number of fused-ring (bicyclic) bond motifs is 1. The van der Waals surface area contributed by atoms with Crippen LogP contribution < -0.4 is 16.0 Å². The Bertz CT molecular complexity index is 1060. The van der Waals surface area contributed by atoms with E-state index in [1.807, 2.05) is 42.8 Å². The molecule has 3 atom stereocenters. The first kappa shape index (κ1) is 27.2. The summed E-state index contributed by atoms with van der Waals surface area (Å²) in [4.78, 5) is 44.8. The minimum Gasteiger partial charge on any atom is -0.369 e. The van der Waals surface area contributed by atoms with Crippen LogP contribution in [0.15, 0.2) is 24.3 Å². The van der Waals surface area contributed by atoms with Crippen molar-refractivity contribution in [3.63, 3.8) is 0 Å². The standard InChI is InChI=1S/C31H46N4O3/c1-30(2)24-11-7-8-12-26(24)35(29(30)38)23-14-17-34(18-15-23)27(36)25(19-21-9-5-4-6-10-21)31(28(32)37)16-13-22(20-31)33-3/h7-8,11-12,21-23,25,33H,4-6,9-10,13-20H2,1-3H3,(H2,32,37)/t22?,25-,31?/m1/s1. The second-order valence-electron chi connectivity index (χ2n) is 12.9. The number of amides is 3. The first-order valence-corrected chi connectivity index (χ1v) is 14.9. The van der Waals surface area contributed by atoms with E-state index in [0.717, 1.165) is 49.8 Å². The highest BCUT2D eigenvalue weighted by molar-refractivity contribution is 6.08. The van der Waals surface area contributed by atoms with Crippen molar-refractivity contribution >= 4 is 23.4 Å². The number of nitrogens with two attached hydrogens (primary N) is 1. The number of hydrogen-bond donors (Lipinski definition) is 2. The van der Waals surface area contributed by atoms with Crippen molar-refractivity contribution < 1.29 is 14.4 Å². The zero-order valence-corrected chi connectivity index (χ0v) is 23.5. The Balaban J connectivity index is 1.34. The van der Waals surface area contributed by atoms with Crippen LogP contribution in [0.5, 0.6) is 0 Å². The smallest absolute Gasteiger partial charge is 0.237 e. The quantitative estimate of drug-likeness (QED) is 0.563. The fourth-order valence-corrected chi connectivity index (χ4v) is 8.02. The van der Waals surface area contributed by atoms with Gasteiger partial charge in [-0.1, -0.05) is 50.3 Å². The average molecular weight is 523 g/mol. The number of benzene rings is 1. The number of piperidine rings is 1. The van der Waals surface area contributed by atoms with Crippen molar-refractivity contribution in [1.82, 2.24) is 10.2 Å². The molecule has 3 N–H and O–H groups in total. The molecule has 0 spiro atoms. The van der Waals surface area contributed by atoms with E-state index in [1.165, 1.54) is 19.3 Å². The third kappa shape index (κ3) is 4.65. The molecule has 1 aromatic carbocycles. The van der Waals surface area contributed by atoms with Crippen LogP contribution in [0.1, 0.15) is 90.0 Å². The van der Waals surface area contributed by atoms with Gasteiger partial charge in [-0.05, 0) is 77.0 Å². The molecular weight excluding hydrogens is 476 g/mol. The van der Waals surface area contributed by atoms with Gasteiger partial charge in [-0.2, -0.15) is 0 Å². The van der Waals surface area contributed by atoms with Gasteiger partial charge in [0.2, 0.25) is 17.7 Å². The van der Waals surface area contributed by atoms with Gasteiger partial charge in [0.15, 0.2) is 0 Å². The summed E-state index contributed by atoms with van der Waals surface area (Å²) in [7, 11) is 1.93. The van der Waals surface area contributed by atoms with Crippen LogP contribution in [0.3, 0.4) is 0 Å². The number of hydrogen-bond acceptors (Lipinski definition) is 4. The molecular formula is C31H46N4O3. The largest absolute Gasteiger partial charge is 0.369 e. The van der Waals surface area contributed by atoms with Crippen LogP contribution in [0, 0.1) is 17.3 Å². The molecule has 2 unspecified atom stereocenters. The maximum absolute atomic E-state index is 14.3. The summed E-state index contributed by atoms with van der Waals surface area (Å²) in [5.41, 5.74) is 6.92. The number of nitrogens with zero attached hydrogens (tertiary/aromatic N) is 2. The van der Waals surface area contributed by atoms with E-state index in [2.05, 4.69) is 17.4 Å². The van der Waals surface area contributed by atoms with Crippen molar-refractivity contribution in [2.45, 2.75) is 102 Å². The summed E-state index contributed by atoms with van der Waals surface area (Å²) < 4.78 is 0. The molecule has 208 valence electrons. The van der Waals surface area contributed by atoms with Crippen molar-refractivity contribution in [3.8, 4) is 0 Å². The second kappa shape index (κ2) is 10.6. The number of para-hydroxylation sites is 1. The van der Waals surface area contributed by atoms with Gasteiger partial charge in [-0.3, -0.25) is 14.4 Å². The number of rotatable bonds is 7. The molecule has 0 radical (unpaired) electrons. The van der Waals surface area contributed by atoms with Crippen molar-refractivity contribution in [2.24, 2.45) is 23.0 Å². The normalized spacial score (nSPS) is 28.9. The Morgan fingerprint density at radius 3 is 2.37 bits per heavy atom. The van der Waals surface area contributed by atoms with Gasteiger partial charge in [-0.25, -0.2) is 0 Å². The lowest BCUT2D eigenvalue weighted by Gasteiger charge is -2.43. The Morgan fingerprint density at radius 2 is 1.74 bits per heavy atom. The van der Waals surface area contributed by atoms with Gasteiger partial charge >= 0.3 is 0 Å². The molecule has 2 saturated carbocycles. The number of anilines is 1. The minimum absolute atomic E-state index is 0.0801. The van der Waals surface area contributed by atoms with Gasteiger partial charge in [-0.15, -0.1) is 0 Å². The molecule has 7 heteroatoms. The maximum Gasteiger partial charge on any atom is 0.237 e.